The van der Waals surface area contributed by atoms with Gasteiger partial charge in [0, 0.05) is 35.7 Å². The van der Waals surface area contributed by atoms with Gasteiger partial charge < -0.3 is 9.88 Å². The van der Waals surface area contributed by atoms with Crippen LogP contribution in [0.1, 0.15) is 28.3 Å². The predicted molar refractivity (Wildman–Crippen MR) is 138 cm³/mol. The Hall–Kier alpha value is -3.58. The molecule has 0 unspecified atom stereocenters. The Bertz CT molecular complexity index is 1420. The molecule has 35 heavy (non-hydrogen) atoms. The summed E-state index contributed by atoms with van der Waals surface area (Å²) in [7, 11) is 1.97. The lowest BCUT2D eigenvalue weighted by Crippen LogP contribution is -2.44. The van der Waals surface area contributed by atoms with E-state index in [0.717, 1.165) is 38.2 Å². The van der Waals surface area contributed by atoms with Gasteiger partial charge >= 0.3 is 0 Å². The van der Waals surface area contributed by atoms with Crippen molar-refractivity contribution >= 4 is 40.2 Å². The van der Waals surface area contributed by atoms with Crippen LogP contribution in [0.5, 0.6) is 0 Å². The zero-order valence-corrected chi connectivity index (χ0v) is 20.7. The minimum atomic E-state index is -0.847. The maximum absolute atomic E-state index is 13.9. The molecule has 7 heteroatoms. The van der Waals surface area contributed by atoms with Crippen LogP contribution in [0, 0.1) is 19.7 Å². The first-order valence-corrected chi connectivity index (χ1v) is 12.4. The van der Waals surface area contributed by atoms with E-state index in [2.05, 4.69) is 9.88 Å². The maximum Gasteiger partial charge on any atom is 0.248 e. The van der Waals surface area contributed by atoms with Crippen LogP contribution in [-0.4, -0.2) is 22.1 Å². The summed E-state index contributed by atoms with van der Waals surface area (Å²) in [4.78, 5) is 29.1. The van der Waals surface area contributed by atoms with Crippen molar-refractivity contribution in [1.82, 2.24) is 9.88 Å². The van der Waals surface area contributed by atoms with Gasteiger partial charge in [-0.25, -0.2) is 4.39 Å². The lowest BCUT2D eigenvalue weighted by molar-refractivity contribution is -0.125. The molecule has 1 atom stereocenters. The Balaban J connectivity index is 1.65. The first kappa shape index (κ1) is 23.2. The van der Waals surface area contributed by atoms with Crippen LogP contribution in [0.4, 0.5) is 10.1 Å². The highest BCUT2D eigenvalue weighted by atomic mass is 32.2. The standard InChI is InChI=1S/C28H26FN3O2S/c1-17-12-18(2)14-21(13-17)32-24(33)16-35-28-25(22-6-4-5-7-23(22)31(28)3)26(32)27(34)30-15-19-8-10-20(29)11-9-19/h4-14,26H,15-16H2,1-3H3,(H,30,34)/t26-/m1/s1. The third kappa shape index (κ3) is 4.32. The van der Waals surface area contributed by atoms with Crippen LogP contribution < -0.4 is 10.2 Å². The third-order valence-corrected chi connectivity index (χ3v) is 7.49. The molecule has 178 valence electrons. The molecule has 1 aliphatic heterocycles. The molecule has 0 fully saturated rings. The molecule has 1 N–H and O–H groups in total. The van der Waals surface area contributed by atoms with Gasteiger partial charge in [-0.3, -0.25) is 14.5 Å². The first-order chi connectivity index (χ1) is 16.8. The lowest BCUT2D eigenvalue weighted by atomic mass is 10.0. The Morgan fingerprint density at radius 1 is 1.06 bits per heavy atom. The fourth-order valence-corrected chi connectivity index (χ4v) is 5.90. The summed E-state index contributed by atoms with van der Waals surface area (Å²) in [6.07, 6.45) is 0. The molecule has 2 heterocycles. The summed E-state index contributed by atoms with van der Waals surface area (Å²) in [6, 6.07) is 19.1. The van der Waals surface area contributed by atoms with Crippen LogP contribution in [0.2, 0.25) is 0 Å². The van der Waals surface area contributed by atoms with Crippen LogP contribution >= 0.6 is 11.8 Å². The Labute approximate surface area is 207 Å². The molecular weight excluding hydrogens is 461 g/mol. The topological polar surface area (TPSA) is 54.3 Å². The summed E-state index contributed by atoms with van der Waals surface area (Å²) in [5.41, 5.74) is 5.37. The lowest BCUT2D eigenvalue weighted by Gasteiger charge is -2.30. The van der Waals surface area contributed by atoms with Gasteiger partial charge in [0.05, 0.1) is 10.8 Å². The fourth-order valence-electron chi connectivity index (χ4n) is 4.83. The van der Waals surface area contributed by atoms with Crippen molar-refractivity contribution in [1.29, 1.82) is 0 Å². The predicted octanol–water partition coefficient (Wildman–Crippen LogP) is 5.43. The molecule has 3 aromatic carbocycles. The molecule has 2 amide bonds. The minimum Gasteiger partial charge on any atom is -0.350 e. The van der Waals surface area contributed by atoms with Gasteiger partial charge in [-0.2, -0.15) is 0 Å². The van der Waals surface area contributed by atoms with E-state index in [1.807, 2.05) is 63.4 Å². The maximum atomic E-state index is 13.9. The summed E-state index contributed by atoms with van der Waals surface area (Å²) in [5, 5.41) is 4.86. The average Bonchev–Trinajstić information content (AvgIpc) is 3.00. The van der Waals surface area contributed by atoms with Crippen LogP contribution in [0.3, 0.4) is 0 Å². The quantitative estimate of drug-likeness (QED) is 0.418. The highest BCUT2D eigenvalue weighted by Gasteiger charge is 2.39. The molecule has 0 saturated heterocycles. The molecule has 1 aromatic heterocycles. The molecule has 0 aliphatic carbocycles. The summed E-state index contributed by atoms with van der Waals surface area (Å²) < 4.78 is 15.4. The van der Waals surface area contributed by atoms with Crippen molar-refractivity contribution in [3.63, 3.8) is 0 Å². The number of thioether (sulfide) groups is 1. The van der Waals surface area contributed by atoms with Crippen LogP contribution in [0.15, 0.2) is 71.8 Å². The van der Waals surface area contributed by atoms with E-state index in [4.69, 9.17) is 0 Å². The monoisotopic (exact) mass is 487 g/mol. The number of rotatable bonds is 4. The Morgan fingerprint density at radius 3 is 2.46 bits per heavy atom. The van der Waals surface area contributed by atoms with Gasteiger partial charge in [0.2, 0.25) is 11.8 Å². The molecule has 0 bridgehead atoms. The number of nitrogens with zero attached hydrogens (tertiary/aromatic N) is 2. The van der Waals surface area contributed by atoms with Gasteiger partial charge in [-0.15, -0.1) is 0 Å². The zero-order chi connectivity index (χ0) is 24.7. The van der Waals surface area contributed by atoms with E-state index in [-0.39, 0.29) is 29.9 Å². The van der Waals surface area contributed by atoms with Crippen molar-refractivity contribution in [3.05, 3.63) is 94.8 Å². The highest BCUT2D eigenvalue weighted by Crippen LogP contribution is 2.43. The number of halogens is 1. The second-order valence-corrected chi connectivity index (χ2v) is 9.90. The molecular formula is C28H26FN3O2S. The van der Waals surface area contributed by atoms with E-state index in [1.165, 1.54) is 23.9 Å². The number of nitrogens with one attached hydrogen (secondary N) is 1. The normalized spacial score (nSPS) is 15.7. The number of aryl methyl sites for hydroxylation is 3. The average molecular weight is 488 g/mol. The number of fused-ring (bicyclic) bond motifs is 3. The van der Waals surface area contributed by atoms with Crippen molar-refractivity contribution < 1.29 is 14.0 Å². The summed E-state index contributed by atoms with van der Waals surface area (Å²) in [6.45, 7) is 4.21. The number of amides is 2. The van der Waals surface area contributed by atoms with Gasteiger partial charge in [-0.05, 0) is 60.9 Å². The number of para-hydroxylation sites is 1. The van der Waals surface area contributed by atoms with Crippen molar-refractivity contribution in [2.24, 2.45) is 7.05 Å². The minimum absolute atomic E-state index is 0.123. The Morgan fingerprint density at radius 2 is 1.74 bits per heavy atom. The smallest absolute Gasteiger partial charge is 0.248 e. The molecule has 0 saturated carbocycles. The molecule has 5 nitrogen and oxygen atoms in total. The first-order valence-electron chi connectivity index (χ1n) is 11.5. The Kier molecular flexibility index (Phi) is 6.11. The van der Waals surface area contributed by atoms with E-state index < -0.39 is 6.04 Å². The van der Waals surface area contributed by atoms with Gasteiger partial charge in [0.25, 0.3) is 0 Å². The zero-order valence-electron chi connectivity index (χ0n) is 19.8. The van der Waals surface area contributed by atoms with Gasteiger partial charge in [0.15, 0.2) is 0 Å². The molecule has 5 rings (SSSR count). The molecule has 4 aromatic rings. The third-order valence-electron chi connectivity index (χ3n) is 6.34. The number of aromatic nitrogens is 1. The van der Waals surface area contributed by atoms with Crippen LogP contribution in [0.25, 0.3) is 10.9 Å². The number of carbonyl (C=O) groups excluding carboxylic acids is 2. The summed E-state index contributed by atoms with van der Waals surface area (Å²) >= 11 is 1.46. The number of hydrogen-bond donors (Lipinski definition) is 1. The van der Waals surface area contributed by atoms with Crippen molar-refractivity contribution in [3.8, 4) is 0 Å². The van der Waals surface area contributed by atoms with Gasteiger partial charge in [-0.1, -0.05) is 48.2 Å². The van der Waals surface area contributed by atoms with Crippen LogP contribution in [-0.2, 0) is 23.2 Å². The highest BCUT2D eigenvalue weighted by molar-refractivity contribution is 8.00. The summed E-state index contributed by atoms with van der Waals surface area (Å²) in [5.74, 6) is -0.497. The number of carbonyl (C=O) groups is 2. The van der Waals surface area contributed by atoms with E-state index in [0.29, 0.717) is 5.69 Å². The second kappa shape index (κ2) is 9.23. The number of anilines is 1. The molecule has 1 aliphatic rings. The molecule has 0 radical (unpaired) electrons. The number of benzene rings is 3. The van der Waals surface area contributed by atoms with Crippen molar-refractivity contribution in [2.75, 3.05) is 10.7 Å². The largest absolute Gasteiger partial charge is 0.350 e. The molecule has 0 spiro atoms. The fraction of sp³-hybridized carbons (Fsp3) is 0.214. The van der Waals surface area contributed by atoms with Crippen molar-refractivity contribution in [2.45, 2.75) is 31.5 Å². The van der Waals surface area contributed by atoms with E-state index >= 15 is 0 Å². The SMILES string of the molecule is Cc1cc(C)cc(N2C(=O)CSc3c(c4ccccc4n3C)[C@@H]2C(=O)NCc2ccc(F)cc2)c1. The van der Waals surface area contributed by atoms with Gasteiger partial charge in [0.1, 0.15) is 11.9 Å². The number of hydrogen-bond acceptors (Lipinski definition) is 3. The van der Waals surface area contributed by atoms with E-state index in [9.17, 15) is 14.0 Å². The second-order valence-electron chi connectivity index (χ2n) is 8.94. The van der Waals surface area contributed by atoms with E-state index in [1.54, 1.807) is 17.0 Å².